The summed E-state index contributed by atoms with van der Waals surface area (Å²) in [5.41, 5.74) is 1.23. The van der Waals surface area contributed by atoms with Gasteiger partial charge in [-0.1, -0.05) is 69.2 Å². The molecule has 1 aromatic rings. The van der Waals surface area contributed by atoms with Gasteiger partial charge in [-0.3, -0.25) is 4.79 Å². The summed E-state index contributed by atoms with van der Waals surface area (Å²) >= 11 is 0. The molecule has 1 aliphatic carbocycles. The van der Waals surface area contributed by atoms with Crippen LogP contribution in [0, 0.1) is 10.8 Å². The molecule has 1 aliphatic rings. The van der Waals surface area contributed by atoms with Crippen LogP contribution < -0.4 is 0 Å². The second-order valence-corrected chi connectivity index (χ2v) is 6.68. The van der Waals surface area contributed by atoms with Crippen LogP contribution in [0.3, 0.4) is 0 Å². The van der Waals surface area contributed by atoms with E-state index in [2.05, 4.69) is 50.3 Å². The van der Waals surface area contributed by atoms with E-state index >= 15 is 0 Å². The van der Waals surface area contributed by atoms with Gasteiger partial charge in [0.05, 0.1) is 13.5 Å². The zero-order chi connectivity index (χ0) is 15.3. The van der Waals surface area contributed by atoms with E-state index in [-0.39, 0.29) is 16.8 Å². The number of esters is 1. The molecule has 0 saturated heterocycles. The monoisotopic (exact) mass is 286 g/mol. The highest BCUT2D eigenvalue weighted by Crippen LogP contribution is 2.53. The Balaban J connectivity index is 2.23. The molecule has 0 aliphatic heterocycles. The minimum atomic E-state index is -0.0984. The molecule has 0 unspecified atom stereocenters. The average molecular weight is 286 g/mol. The van der Waals surface area contributed by atoms with E-state index in [9.17, 15) is 4.79 Å². The molecule has 1 aromatic carbocycles. The quantitative estimate of drug-likeness (QED) is 0.740. The van der Waals surface area contributed by atoms with Crippen molar-refractivity contribution in [3.63, 3.8) is 0 Å². The molecule has 114 valence electrons. The molecule has 0 aromatic heterocycles. The highest BCUT2D eigenvalue weighted by Gasteiger charge is 2.45. The number of methoxy groups -OCH3 is 1. The first-order valence-electron chi connectivity index (χ1n) is 7.80. The van der Waals surface area contributed by atoms with Gasteiger partial charge in [0.25, 0.3) is 0 Å². The topological polar surface area (TPSA) is 26.3 Å². The van der Waals surface area contributed by atoms with Crippen molar-refractivity contribution < 1.29 is 9.53 Å². The minimum absolute atomic E-state index is 0.0242. The largest absolute Gasteiger partial charge is 0.469 e. The van der Waals surface area contributed by atoms with Crippen molar-refractivity contribution in [2.45, 2.75) is 46.0 Å². The van der Waals surface area contributed by atoms with E-state index in [1.807, 2.05) is 6.07 Å². The summed E-state index contributed by atoms with van der Waals surface area (Å²) in [6.07, 6.45) is 9.64. The lowest BCUT2D eigenvalue weighted by Crippen LogP contribution is -2.41. The summed E-state index contributed by atoms with van der Waals surface area (Å²) in [5, 5.41) is 0. The zero-order valence-corrected chi connectivity index (χ0v) is 13.4. The number of ether oxygens (including phenoxy) is 1. The summed E-state index contributed by atoms with van der Waals surface area (Å²) < 4.78 is 4.91. The number of hydrogen-bond acceptors (Lipinski definition) is 2. The molecule has 2 atom stereocenters. The van der Waals surface area contributed by atoms with Gasteiger partial charge in [-0.05, 0) is 29.2 Å². The molecule has 0 bridgehead atoms. The van der Waals surface area contributed by atoms with Gasteiger partial charge >= 0.3 is 5.97 Å². The maximum absolute atomic E-state index is 11.8. The Kier molecular flexibility index (Phi) is 4.87. The van der Waals surface area contributed by atoms with E-state index in [0.717, 1.165) is 12.8 Å². The first kappa shape index (κ1) is 15.8. The molecule has 2 heteroatoms. The van der Waals surface area contributed by atoms with Crippen molar-refractivity contribution in [1.82, 2.24) is 0 Å². The van der Waals surface area contributed by atoms with Crippen LogP contribution >= 0.6 is 0 Å². The lowest BCUT2D eigenvalue weighted by atomic mass is 9.56. The van der Waals surface area contributed by atoms with E-state index < -0.39 is 0 Å². The van der Waals surface area contributed by atoms with Gasteiger partial charge in [0.15, 0.2) is 0 Å². The summed E-state index contributed by atoms with van der Waals surface area (Å²) in [5.74, 6) is -0.0984. The first-order chi connectivity index (χ1) is 9.99. The number of carbonyl (C=O) groups is 1. The number of hydrogen-bond donors (Lipinski definition) is 0. The number of rotatable bonds is 4. The highest BCUT2D eigenvalue weighted by molar-refractivity contribution is 5.70. The normalized spacial score (nSPS) is 29.5. The molecule has 0 amide bonds. The van der Waals surface area contributed by atoms with Crippen LogP contribution in [0.25, 0.3) is 6.08 Å². The molecule has 0 radical (unpaired) electrons. The molecule has 2 rings (SSSR count). The van der Waals surface area contributed by atoms with E-state index in [1.54, 1.807) is 0 Å². The van der Waals surface area contributed by atoms with Crippen LogP contribution in [0.15, 0.2) is 36.4 Å². The van der Waals surface area contributed by atoms with Gasteiger partial charge in [-0.15, -0.1) is 0 Å². The standard InChI is InChI=1S/C19H26O2/c1-18(14-11-16-9-5-4-6-10-16)12-7-8-13-19(18,2)15-17(20)21-3/h4-6,9-11,14H,7-8,12-13,15H2,1-3H3/b14-11+/t18-,19+/m1/s1. The fourth-order valence-corrected chi connectivity index (χ4v) is 3.40. The second-order valence-electron chi connectivity index (χ2n) is 6.68. The Bertz CT molecular complexity index is 506. The van der Waals surface area contributed by atoms with Crippen LogP contribution in [-0.2, 0) is 9.53 Å². The fraction of sp³-hybridized carbons (Fsp3) is 0.526. The van der Waals surface area contributed by atoms with Gasteiger partial charge in [-0.2, -0.15) is 0 Å². The van der Waals surface area contributed by atoms with Gasteiger partial charge in [0.1, 0.15) is 0 Å². The third-order valence-electron chi connectivity index (χ3n) is 5.26. The van der Waals surface area contributed by atoms with Crippen LogP contribution in [-0.4, -0.2) is 13.1 Å². The Morgan fingerprint density at radius 2 is 1.86 bits per heavy atom. The van der Waals surface area contributed by atoms with Gasteiger partial charge < -0.3 is 4.74 Å². The molecule has 1 fully saturated rings. The highest BCUT2D eigenvalue weighted by atomic mass is 16.5. The van der Waals surface area contributed by atoms with Crippen molar-refractivity contribution in [2.24, 2.45) is 10.8 Å². The van der Waals surface area contributed by atoms with Gasteiger partial charge in [0.2, 0.25) is 0 Å². The van der Waals surface area contributed by atoms with E-state index in [4.69, 9.17) is 4.74 Å². The van der Waals surface area contributed by atoms with Crippen molar-refractivity contribution in [3.8, 4) is 0 Å². The van der Waals surface area contributed by atoms with Crippen molar-refractivity contribution >= 4 is 12.0 Å². The third kappa shape index (κ3) is 3.55. The average Bonchev–Trinajstić information content (AvgIpc) is 2.49. The molecule has 0 heterocycles. The summed E-state index contributed by atoms with van der Waals surface area (Å²) in [7, 11) is 1.48. The van der Waals surface area contributed by atoms with Crippen molar-refractivity contribution in [2.75, 3.05) is 7.11 Å². The number of benzene rings is 1. The van der Waals surface area contributed by atoms with Gasteiger partial charge in [-0.25, -0.2) is 0 Å². The molecule has 0 spiro atoms. The van der Waals surface area contributed by atoms with Crippen LogP contribution in [0.5, 0.6) is 0 Å². The summed E-state index contributed by atoms with van der Waals surface area (Å²) in [6, 6.07) is 10.4. The molecule has 1 saturated carbocycles. The number of carbonyl (C=O) groups excluding carboxylic acids is 1. The maximum Gasteiger partial charge on any atom is 0.306 e. The van der Waals surface area contributed by atoms with Crippen LogP contribution in [0.4, 0.5) is 0 Å². The Morgan fingerprint density at radius 3 is 2.52 bits per heavy atom. The lowest BCUT2D eigenvalue weighted by molar-refractivity contribution is -0.146. The SMILES string of the molecule is COC(=O)C[C@]1(C)CCCC[C@]1(C)/C=C/c1ccccc1. The zero-order valence-electron chi connectivity index (χ0n) is 13.4. The fourth-order valence-electron chi connectivity index (χ4n) is 3.40. The van der Waals surface area contributed by atoms with Crippen molar-refractivity contribution in [1.29, 1.82) is 0 Å². The minimum Gasteiger partial charge on any atom is -0.469 e. The van der Waals surface area contributed by atoms with Crippen LogP contribution in [0.2, 0.25) is 0 Å². The molecule has 21 heavy (non-hydrogen) atoms. The Labute approximate surface area is 128 Å². The Hall–Kier alpha value is -1.57. The molecule has 0 N–H and O–H groups in total. The third-order valence-corrected chi connectivity index (χ3v) is 5.26. The van der Waals surface area contributed by atoms with Crippen molar-refractivity contribution in [3.05, 3.63) is 42.0 Å². The second kappa shape index (κ2) is 6.46. The Morgan fingerprint density at radius 1 is 1.19 bits per heavy atom. The predicted octanol–water partition coefficient (Wildman–Crippen LogP) is 4.85. The molecular formula is C19H26O2. The first-order valence-corrected chi connectivity index (χ1v) is 7.80. The molecule has 2 nitrogen and oxygen atoms in total. The van der Waals surface area contributed by atoms with Gasteiger partial charge in [0, 0.05) is 0 Å². The maximum atomic E-state index is 11.8. The van der Waals surface area contributed by atoms with Crippen LogP contribution in [0.1, 0.15) is 51.5 Å². The number of allylic oxidation sites excluding steroid dienone is 1. The van der Waals surface area contributed by atoms with E-state index in [0.29, 0.717) is 6.42 Å². The smallest absolute Gasteiger partial charge is 0.306 e. The molecular weight excluding hydrogens is 260 g/mol. The van der Waals surface area contributed by atoms with E-state index in [1.165, 1.54) is 25.5 Å². The predicted molar refractivity (Wildman–Crippen MR) is 86.8 cm³/mol. The summed E-state index contributed by atoms with van der Waals surface area (Å²) in [6.45, 7) is 4.52. The lowest BCUT2D eigenvalue weighted by Gasteiger charge is -2.48. The summed E-state index contributed by atoms with van der Waals surface area (Å²) in [4.78, 5) is 11.8.